The third-order valence-corrected chi connectivity index (χ3v) is 2.86. The van der Waals surface area contributed by atoms with Crippen molar-refractivity contribution in [3.8, 4) is 0 Å². The van der Waals surface area contributed by atoms with Crippen LogP contribution in [0.4, 0.5) is 4.79 Å². The van der Waals surface area contributed by atoms with Gasteiger partial charge < -0.3 is 9.84 Å². The number of amides is 1. The van der Waals surface area contributed by atoms with E-state index in [1.165, 1.54) is 4.90 Å². The minimum atomic E-state index is -1.05. The number of carbonyl (C=O) groups excluding carboxylic acids is 1. The molecule has 0 aromatic heterocycles. The first-order chi connectivity index (χ1) is 8.79. The molecule has 1 aliphatic rings. The molecular formula is C14H17NO4. The second kappa shape index (κ2) is 4.57. The number of aliphatic carboxylic acids is 1. The van der Waals surface area contributed by atoms with E-state index < -0.39 is 23.7 Å². The summed E-state index contributed by atoms with van der Waals surface area (Å²) in [7, 11) is 0. The summed E-state index contributed by atoms with van der Waals surface area (Å²) >= 11 is 0. The molecular weight excluding hydrogens is 246 g/mol. The molecule has 0 radical (unpaired) electrons. The Kier molecular flexibility index (Phi) is 3.22. The lowest BCUT2D eigenvalue weighted by molar-refractivity contribution is -0.143. The van der Waals surface area contributed by atoms with Crippen LogP contribution in [0.25, 0.3) is 0 Å². The molecule has 1 amide bonds. The van der Waals surface area contributed by atoms with Crippen molar-refractivity contribution in [1.82, 2.24) is 4.90 Å². The van der Waals surface area contributed by atoms with Gasteiger partial charge in [-0.25, -0.2) is 9.59 Å². The molecule has 0 spiro atoms. The molecule has 0 unspecified atom stereocenters. The van der Waals surface area contributed by atoms with E-state index in [1.807, 2.05) is 12.1 Å². The summed E-state index contributed by atoms with van der Waals surface area (Å²) in [5.74, 6) is -1.05. The zero-order chi connectivity index (χ0) is 14.2. The van der Waals surface area contributed by atoms with Gasteiger partial charge in [0.1, 0.15) is 5.60 Å². The smallest absolute Gasteiger partial charge is 0.411 e. The van der Waals surface area contributed by atoms with Crippen molar-refractivity contribution in [3.05, 3.63) is 35.4 Å². The van der Waals surface area contributed by atoms with Gasteiger partial charge in [0.2, 0.25) is 0 Å². The van der Waals surface area contributed by atoms with Crippen LogP contribution >= 0.6 is 0 Å². The number of ether oxygens (including phenoxy) is 1. The Bertz CT molecular complexity index is 518. The summed E-state index contributed by atoms with van der Waals surface area (Å²) in [5, 5.41) is 9.33. The maximum Gasteiger partial charge on any atom is 0.411 e. The first-order valence-electron chi connectivity index (χ1n) is 6.10. The average molecular weight is 263 g/mol. The predicted octanol–water partition coefficient (Wildman–Crippen LogP) is 2.56. The number of carboxylic acids is 1. The second-order valence-electron chi connectivity index (χ2n) is 5.55. The topological polar surface area (TPSA) is 66.8 Å². The minimum Gasteiger partial charge on any atom is -0.479 e. The van der Waals surface area contributed by atoms with Crippen LogP contribution in [0.15, 0.2) is 24.3 Å². The largest absolute Gasteiger partial charge is 0.479 e. The molecule has 1 aliphatic heterocycles. The summed E-state index contributed by atoms with van der Waals surface area (Å²) in [6, 6.07) is 6.20. The molecule has 1 aromatic carbocycles. The van der Waals surface area contributed by atoms with Gasteiger partial charge in [-0.2, -0.15) is 0 Å². The molecule has 1 N–H and O–H groups in total. The van der Waals surface area contributed by atoms with Crippen LogP contribution in [0.2, 0.25) is 0 Å². The number of nitrogens with zero attached hydrogens (tertiary/aromatic N) is 1. The molecule has 5 heteroatoms. The first kappa shape index (κ1) is 13.4. The summed E-state index contributed by atoms with van der Waals surface area (Å²) in [4.78, 5) is 24.7. The van der Waals surface area contributed by atoms with Crippen molar-refractivity contribution in [1.29, 1.82) is 0 Å². The highest BCUT2D eigenvalue weighted by molar-refractivity contribution is 5.83. The maximum absolute atomic E-state index is 12.1. The van der Waals surface area contributed by atoms with Crippen molar-refractivity contribution in [2.45, 2.75) is 39.0 Å². The van der Waals surface area contributed by atoms with Gasteiger partial charge in [0.15, 0.2) is 6.04 Å². The number of hydrogen-bond donors (Lipinski definition) is 1. The maximum atomic E-state index is 12.1. The van der Waals surface area contributed by atoms with E-state index in [4.69, 9.17) is 4.74 Å². The van der Waals surface area contributed by atoms with Crippen LogP contribution in [-0.4, -0.2) is 27.7 Å². The number of fused-ring (bicyclic) bond motifs is 1. The Morgan fingerprint density at radius 3 is 2.53 bits per heavy atom. The Morgan fingerprint density at radius 2 is 1.95 bits per heavy atom. The Morgan fingerprint density at radius 1 is 1.32 bits per heavy atom. The van der Waals surface area contributed by atoms with E-state index in [0.29, 0.717) is 5.56 Å². The highest BCUT2D eigenvalue weighted by Gasteiger charge is 2.40. The van der Waals surface area contributed by atoms with E-state index in [-0.39, 0.29) is 6.54 Å². The molecule has 1 atom stereocenters. The Hall–Kier alpha value is -2.04. The molecule has 1 aromatic rings. The molecule has 5 nitrogen and oxygen atoms in total. The van der Waals surface area contributed by atoms with Gasteiger partial charge in [0, 0.05) is 0 Å². The van der Waals surface area contributed by atoms with Gasteiger partial charge in [-0.3, -0.25) is 4.90 Å². The van der Waals surface area contributed by atoms with Gasteiger partial charge in [-0.05, 0) is 31.9 Å². The number of benzene rings is 1. The molecule has 0 saturated carbocycles. The number of rotatable bonds is 1. The van der Waals surface area contributed by atoms with Gasteiger partial charge in [0.05, 0.1) is 6.54 Å². The fourth-order valence-electron chi connectivity index (χ4n) is 2.14. The van der Waals surface area contributed by atoms with E-state index in [2.05, 4.69) is 0 Å². The van der Waals surface area contributed by atoms with Crippen molar-refractivity contribution >= 4 is 12.1 Å². The lowest BCUT2D eigenvalue weighted by Gasteiger charge is -2.27. The fourth-order valence-corrected chi connectivity index (χ4v) is 2.14. The molecule has 0 bridgehead atoms. The van der Waals surface area contributed by atoms with Crippen LogP contribution in [-0.2, 0) is 16.1 Å². The zero-order valence-corrected chi connectivity index (χ0v) is 11.2. The summed E-state index contributed by atoms with van der Waals surface area (Å²) in [6.07, 6.45) is -0.601. The third kappa shape index (κ3) is 2.70. The van der Waals surface area contributed by atoms with Gasteiger partial charge in [-0.15, -0.1) is 0 Å². The van der Waals surface area contributed by atoms with Gasteiger partial charge in [0.25, 0.3) is 0 Å². The van der Waals surface area contributed by atoms with Crippen molar-refractivity contribution in [3.63, 3.8) is 0 Å². The van der Waals surface area contributed by atoms with Crippen molar-refractivity contribution < 1.29 is 19.4 Å². The predicted molar refractivity (Wildman–Crippen MR) is 68.6 cm³/mol. The Labute approximate surface area is 111 Å². The third-order valence-electron chi connectivity index (χ3n) is 2.86. The minimum absolute atomic E-state index is 0.266. The van der Waals surface area contributed by atoms with Crippen LogP contribution in [0.5, 0.6) is 0 Å². The number of carbonyl (C=O) groups is 2. The van der Waals surface area contributed by atoms with Gasteiger partial charge in [-0.1, -0.05) is 24.3 Å². The van der Waals surface area contributed by atoms with E-state index in [9.17, 15) is 14.7 Å². The molecule has 1 heterocycles. The van der Waals surface area contributed by atoms with E-state index in [1.54, 1.807) is 32.9 Å². The van der Waals surface area contributed by atoms with E-state index in [0.717, 1.165) is 5.56 Å². The van der Waals surface area contributed by atoms with Crippen LogP contribution in [0.3, 0.4) is 0 Å². The quantitative estimate of drug-likeness (QED) is 0.845. The number of hydrogen-bond acceptors (Lipinski definition) is 3. The molecule has 102 valence electrons. The summed E-state index contributed by atoms with van der Waals surface area (Å²) in [6.45, 7) is 5.53. The SMILES string of the molecule is CC(C)(C)OC(=O)N1Cc2ccccc2[C@H]1C(=O)O. The van der Waals surface area contributed by atoms with Gasteiger partial charge >= 0.3 is 12.1 Å². The second-order valence-corrected chi connectivity index (χ2v) is 5.55. The summed E-state index contributed by atoms with van der Waals surface area (Å²) < 4.78 is 5.26. The monoisotopic (exact) mass is 263 g/mol. The Balaban J connectivity index is 2.29. The standard InChI is InChI=1S/C14H17NO4/c1-14(2,3)19-13(18)15-8-9-6-4-5-7-10(9)11(15)12(16)17/h4-7,11H,8H2,1-3H3,(H,16,17)/t11-/m0/s1. The highest BCUT2D eigenvalue weighted by atomic mass is 16.6. The van der Waals surface area contributed by atoms with Crippen LogP contribution < -0.4 is 0 Å². The molecule has 2 rings (SSSR count). The zero-order valence-electron chi connectivity index (χ0n) is 11.2. The normalized spacial score (nSPS) is 18.1. The number of carboxylic acid groups (broad SMARTS) is 1. The average Bonchev–Trinajstić information content (AvgIpc) is 2.65. The molecule has 0 saturated heterocycles. The molecule has 19 heavy (non-hydrogen) atoms. The highest BCUT2D eigenvalue weighted by Crippen LogP contribution is 2.34. The lowest BCUT2D eigenvalue weighted by Crippen LogP contribution is -2.38. The lowest BCUT2D eigenvalue weighted by atomic mass is 10.1. The molecule has 0 aliphatic carbocycles. The first-order valence-corrected chi connectivity index (χ1v) is 6.10. The molecule has 0 fully saturated rings. The van der Waals surface area contributed by atoms with E-state index >= 15 is 0 Å². The fraction of sp³-hybridized carbons (Fsp3) is 0.429. The van der Waals surface area contributed by atoms with Crippen molar-refractivity contribution in [2.24, 2.45) is 0 Å². The van der Waals surface area contributed by atoms with Crippen molar-refractivity contribution in [2.75, 3.05) is 0 Å². The summed E-state index contributed by atoms with van der Waals surface area (Å²) in [5.41, 5.74) is 0.858. The van der Waals surface area contributed by atoms with Crippen LogP contribution in [0, 0.1) is 0 Å². The van der Waals surface area contributed by atoms with Crippen LogP contribution in [0.1, 0.15) is 37.9 Å².